The summed E-state index contributed by atoms with van der Waals surface area (Å²) < 4.78 is 64.5. The van der Waals surface area contributed by atoms with Gasteiger partial charge in [0, 0.05) is 24.2 Å². The van der Waals surface area contributed by atoms with E-state index in [1.807, 2.05) is 13.8 Å². The summed E-state index contributed by atoms with van der Waals surface area (Å²) in [6, 6.07) is 7.14. The molecule has 290 valence electrons. The van der Waals surface area contributed by atoms with Crippen LogP contribution in [-0.2, 0) is 57.5 Å². The van der Waals surface area contributed by atoms with Gasteiger partial charge in [-0.1, -0.05) is 43.3 Å². The van der Waals surface area contributed by atoms with Gasteiger partial charge in [-0.3, -0.25) is 24.0 Å². The average molecular weight is 774 g/mol. The number of nitrogens with one attached hydrogen (secondary N) is 1. The topological polar surface area (TPSA) is 227 Å². The van der Waals surface area contributed by atoms with E-state index in [0.29, 0.717) is 25.7 Å². The number of aromatic amines is 1. The summed E-state index contributed by atoms with van der Waals surface area (Å²) in [6.45, 7) is 8.68. The van der Waals surface area contributed by atoms with Crippen LogP contribution in [-0.4, -0.2) is 81.6 Å². The Morgan fingerprint density at radius 3 is 2.46 bits per heavy atom. The number of hydrogen-bond acceptors (Lipinski definition) is 15. The van der Waals surface area contributed by atoms with E-state index in [1.54, 1.807) is 6.07 Å². The number of Topliss-reactive ketones (excluding diaryl/α,β-unsaturated/α-hetero) is 1. The van der Waals surface area contributed by atoms with Crippen LogP contribution in [0.15, 0.2) is 57.0 Å². The van der Waals surface area contributed by atoms with Crippen molar-refractivity contribution in [1.29, 1.82) is 0 Å². The zero-order chi connectivity index (χ0) is 38.8. The number of fused-ring (bicyclic) bond motifs is 1. The first-order valence-corrected chi connectivity index (χ1v) is 19.2. The Kier molecular flexibility index (Phi) is 9.35. The second-order valence-electron chi connectivity index (χ2n) is 15.1. The molecule has 7 rings (SSSR count). The van der Waals surface area contributed by atoms with Crippen molar-refractivity contribution < 1.29 is 70.0 Å². The summed E-state index contributed by atoms with van der Waals surface area (Å²) in [5, 5.41) is 1.25. The van der Waals surface area contributed by atoms with Gasteiger partial charge in [-0.25, -0.2) is 8.42 Å². The van der Waals surface area contributed by atoms with Crippen LogP contribution >= 0.6 is 0 Å². The first-order valence-electron chi connectivity index (χ1n) is 17.7. The van der Waals surface area contributed by atoms with Crippen molar-refractivity contribution >= 4 is 39.5 Å². The largest absolute Gasteiger partial charge is 0.462 e. The minimum Gasteiger partial charge on any atom is -0.462 e. The summed E-state index contributed by atoms with van der Waals surface area (Å²) in [4.78, 5) is 78.3. The predicted molar refractivity (Wildman–Crippen MR) is 177 cm³/mol. The minimum atomic E-state index is -4.32. The van der Waals surface area contributed by atoms with Gasteiger partial charge in [-0.2, -0.15) is 0 Å². The third-order valence-corrected chi connectivity index (χ3v) is 13.6. The van der Waals surface area contributed by atoms with Crippen LogP contribution in [0.1, 0.15) is 59.3 Å². The Balaban J connectivity index is 1.01. The molecule has 54 heavy (non-hydrogen) atoms. The summed E-state index contributed by atoms with van der Waals surface area (Å²) in [5.41, 5.74) is -3.06. The Morgan fingerprint density at radius 1 is 1.02 bits per heavy atom. The van der Waals surface area contributed by atoms with Crippen LogP contribution in [0.25, 0.3) is 0 Å². The predicted octanol–water partition coefficient (Wildman–Crippen LogP) is 2.39. The third kappa shape index (κ3) is 5.67. The van der Waals surface area contributed by atoms with Crippen LogP contribution in [0.3, 0.4) is 0 Å². The summed E-state index contributed by atoms with van der Waals surface area (Å²) in [7, 11) is -4.32. The monoisotopic (exact) mass is 773 g/mol. The Labute approximate surface area is 309 Å². The smallest absolute Gasteiger partial charge is 0.404 e. The van der Waals surface area contributed by atoms with Crippen molar-refractivity contribution in [1.82, 2.24) is 5.16 Å². The number of aromatic nitrogens is 2. The van der Waals surface area contributed by atoms with Gasteiger partial charge >= 0.3 is 34.8 Å². The molecule has 3 aliphatic carbocycles. The highest BCUT2D eigenvalue weighted by Crippen LogP contribution is 2.71. The molecule has 2 spiro atoms. The second-order valence-corrected chi connectivity index (χ2v) is 17.0. The zero-order valence-corrected chi connectivity index (χ0v) is 30.7. The van der Waals surface area contributed by atoms with Crippen molar-refractivity contribution in [2.45, 2.75) is 87.7 Å². The van der Waals surface area contributed by atoms with Crippen molar-refractivity contribution in [2.24, 2.45) is 34.0 Å². The molecule has 2 saturated heterocycles. The van der Waals surface area contributed by atoms with Gasteiger partial charge in [-0.15, -0.1) is 0 Å². The molecule has 18 heteroatoms. The molecule has 0 amide bonds. The lowest BCUT2D eigenvalue weighted by Crippen LogP contribution is -2.71. The van der Waals surface area contributed by atoms with Gasteiger partial charge in [0.15, 0.2) is 11.2 Å². The average Bonchev–Trinajstić information content (AvgIpc) is 3.73. The van der Waals surface area contributed by atoms with E-state index >= 15 is 0 Å². The lowest BCUT2D eigenvalue weighted by molar-refractivity contribution is -0.744. The third-order valence-electron chi connectivity index (χ3n) is 11.9. The standard InChI is InChI=1S/C36H41N2O15S/c1-19-22-10-11-23-35-18-49-32(50-20(2)39)27(35)34(3,4)15-14-24(35)51-33(43)36(23,28(19)42)29(22)52-26(41)13-12-25(40)47-16-17-48-30-31(38(44)53-37-30)54(45,46)21-8-6-5-7-9-21/h5-9,22-24,27,29,32,37H,1,10-18H2,2-4H3/q+1/t22-,23-,24-,27+,29+,32-,35+,36-/m0/s1. The number of nitrogens with zero attached hydrogens (tertiary/aromatic N) is 1. The van der Waals surface area contributed by atoms with Crippen LogP contribution in [0.5, 0.6) is 5.88 Å². The first-order chi connectivity index (χ1) is 25.6. The molecule has 5 aliphatic rings. The van der Waals surface area contributed by atoms with Crippen molar-refractivity contribution in [2.75, 3.05) is 19.8 Å². The maximum atomic E-state index is 14.2. The molecule has 1 aromatic heterocycles. The van der Waals surface area contributed by atoms with E-state index in [4.69, 9.17) is 28.4 Å². The van der Waals surface area contributed by atoms with Gasteiger partial charge in [0.05, 0.1) is 24.3 Å². The molecule has 1 N–H and O–H groups in total. The fourth-order valence-corrected chi connectivity index (χ4v) is 11.1. The normalized spacial score (nSPS) is 32.1. The number of carbonyl (C=O) groups is 5. The minimum absolute atomic E-state index is 0.0731. The maximum absolute atomic E-state index is 14.2. The molecule has 0 unspecified atom stereocenters. The van der Waals surface area contributed by atoms with E-state index in [9.17, 15) is 37.3 Å². The number of esters is 4. The summed E-state index contributed by atoms with van der Waals surface area (Å²) >= 11 is 0. The number of benzene rings is 1. The van der Waals surface area contributed by atoms with Crippen molar-refractivity contribution in [3.05, 3.63) is 47.4 Å². The Morgan fingerprint density at radius 2 is 1.74 bits per heavy atom. The van der Waals surface area contributed by atoms with Crippen LogP contribution in [0, 0.1) is 38.9 Å². The summed E-state index contributed by atoms with van der Waals surface area (Å²) in [6.07, 6.45) is -1.65. The van der Waals surface area contributed by atoms with E-state index in [2.05, 4.69) is 16.4 Å². The van der Waals surface area contributed by atoms with E-state index in [0.717, 1.165) is 0 Å². The number of H-pyrrole nitrogens is 1. The molecule has 2 aliphatic heterocycles. The molecule has 5 fully saturated rings. The van der Waals surface area contributed by atoms with Gasteiger partial charge < -0.3 is 28.4 Å². The molecule has 3 heterocycles. The SMILES string of the molecule is C=C1C(=O)[C@@]23C(=O)O[C@H]4CCC(C)(C)[C@H]5[C@H](OC(C)=O)OC[C@@]45[C@@H]2CC[C@@H]1[C@H]3OC(=O)CCC(=O)OCCOc1[nH]o[n+](=O)c1S(=O)(=O)c1ccccc1. The van der Waals surface area contributed by atoms with E-state index in [-0.39, 0.29) is 34.9 Å². The molecular weight excluding hydrogens is 732 g/mol. The number of sulfone groups is 1. The molecule has 1 aromatic carbocycles. The van der Waals surface area contributed by atoms with Crippen LogP contribution in [0.2, 0.25) is 0 Å². The van der Waals surface area contributed by atoms with Gasteiger partial charge in [0.1, 0.15) is 25.4 Å². The zero-order valence-electron chi connectivity index (χ0n) is 29.9. The Bertz CT molecular complexity index is 2070. The van der Waals surface area contributed by atoms with E-state index in [1.165, 1.54) is 31.2 Å². The molecule has 17 nitrogen and oxygen atoms in total. The van der Waals surface area contributed by atoms with Crippen LogP contribution in [0.4, 0.5) is 0 Å². The van der Waals surface area contributed by atoms with Crippen molar-refractivity contribution in [3.63, 3.8) is 0 Å². The maximum Gasteiger partial charge on any atom is 0.404 e. The second kappa shape index (κ2) is 13.5. The van der Waals surface area contributed by atoms with Crippen LogP contribution < -0.4 is 9.34 Å². The fraction of sp³-hybridized carbons (Fsp3) is 0.583. The molecule has 3 saturated carbocycles. The molecule has 0 radical (unpaired) electrons. The Hall–Kier alpha value is -4.84. The first kappa shape index (κ1) is 37.5. The highest BCUT2D eigenvalue weighted by Gasteiger charge is 2.81. The molecule has 8 atom stereocenters. The molecule has 2 aromatic rings. The lowest BCUT2D eigenvalue weighted by atomic mass is 9.43. The lowest BCUT2D eigenvalue weighted by Gasteiger charge is -2.62. The number of ketones is 1. The van der Waals surface area contributed by atoms with Crippen molar-refractivity contribution in [3.8, 4) is 5.88 Å². The number of hydrogen-bond donors (Lipinski definition) is 1. The van der Waals surface area contributed by atoms with Gasteiger partial charge in [-0.05, 0) is 64.8 Å². The van der Waals surface area contributed by atoms with E-state index < -0.39 is 116 Å². The quantitative estimate of drug-likeness (QED) is 0.114. The molecular formula is C36H41N2O15S+. The summed E-state index contributed by atoms with van der Waals surface area (Å²) in [5.74, 6) is -5.77. The highest BCUT2D eigenvalue weighted by atomic mass is 32.2. The number of ether oxygens (including phenoxy) is 6. The van der Waals surface area contributed by atoms with Gasteiger partial charge in [0.2, 0.25) is 10.9 Å². The fourth-order valence-electron chi connectivity index (χ4n) is 9.77. The number of carbonyl (C=O) groups excluding carboxylic acids is 5. The number of rotatable bonds is 11. The van der Waals surface area contributed by atoms with Gasteiger partial charge in [0.25, 0.3) is 9.84 Å². The highest BCUT2D eigenvalue weighted by molar-refractivity contribution is 7.91. The molecule has 2 bridgehead atoms.